The summed E-state index contributed by atoms with van der Waals surface area (Å²) >= 11 is 1.71. The van der Waals surface area contributed by atoms with E-state index in [1.807, 2.05) is 13.2 Å². The third kappa shape index (κ3) is 5.00. The predicted molar refractivity (Wildman–Crippen MR) is 79.0 cm³/mol. The minimum Gasteiger partial charge on any atom is -0.309 e. The third-order valence-electron chi connectivity index (χ3n) is 2.92. The molecule has 0 aliphatic heterocycles. The standard InChI is InChI=1S/C13H21NO2S2/c1-4-18(15,16)10-9-14-11(2)12-5-7-13(17-3)8-6-12/h5-8,11,14H,4,9-10H2,1-3H3. The maximum atomic E-state index is 11.4. The molecule has 18 heavy (non-hydrogen) atoms. The van der Waals surface area contributed by atoms with Crippen LogP contribution in [0.25, 0.3) is 0 Å². The molecule has 0 fully saturated rings. The van der Waals surface area contributed by atoms with Gasteiger partial charge in [-0.15, -0.1) is 11.8 Å². The van der Waals surface area contributed by atoms with E-state index in [1.54, 1.807) is 18.7 Å². The van der Waals surface area contributed by atoms with E-state index < -0.39 is 9.84 Å². The number of hydrogen-bond acceptors (Lipinski definition) is 4. The molecule has 0 aromatic heterocycles. The van der Waals surface area contributed by atoms with E-state index in [1.165, 1.54) is 10.5 Å². The Bertz CT molecular complexity index is 454. The number of rotatable bonds is 7. The highest BCUT2D eigenvalue weighted by atomic mass is 32.2. The second kappa shape index (κ2) is 7.16. The van der Waals surface area contributed by atoms with Gasteiger partial charge < -0.3 is 5.32 Å². The molecular weight excluding hydrogens is 266 g/mol. The molecule has 0 saturated heterocycles. The molecule has 0 radical (unpaired) electrons. The van der Waals surface area contributed by atoms with Crippen molar-refractivity contribution in [2.24, 2.45) is 0 Å². The molecule has 1 aromatic carbocycles. The highest BCUT2D eigenvalue weighted by Gasteiger charge is 2.09. The molecule has 0 aliphatic carbocycles. The van der Waals surface area contributed by atoms with Crippen LogP contribution in [-0.4, -0.2) is 32.7 Å². The number of sulfone groups is 1. The van der Waals surface area contributed by atoms with Crippen LogP contribution in [-0.2, 0) is 9.84 Å². The van der Waals surface area contributed by atoms with Gasteiger partial charge in [0, 0.05) is 23.2 Å². The van der Waals surface area contributed by atoms with Gasteiger partial charge in [0.15, 0.2) is 9.84 Å². The summed E-state index contributed by atoms with van der Waals surface area (Å²) in [5.41, 5.74) is 1.18. The van der Waals surface area contributed by atoms with Crippen LogP contribution in [0.15, 0.2) is 29.2 Å². The smallest absolute Gasteiger partial charge is 0.151 e. The van der Waals surface area contributed by atoms with E-state index in [-0.39, 0.29) is 17.5 Å². The number of thioether (sulfide) groups is 1. The molecule has 1 rings (SSSR count). The third-order valence-corrected chi connectivity index (χ3v) is 5.37. The second-order valence-electron chi connectivity index (χ2n) is 4.19. The Morgan fingerprint density at radius 2 is 1.89 bits per heavy atom. The molecule has 0 aliphatic rings. The lowest BCUT2D eigenvalue weighted by atomic mass is 10.1. The highest BCUT2D eigenvalue weighted by Crippen LogP contribution is 2.18. The lowest BCUT2D eigenvalue weighted by Crippen LogP contribution is -2.26. The summed E-state index contributed by atoms with van der Waals surface area (Å²) in [7, 11) is -2.87. The van der Waals surface area contributed by atoms with Crippen LogP contribution in [0.5, 0.6) is 0 Å². The van der Waals surface area contributed by atoms with E-state index in [0.717, 1.165) is 0 Å². The monoisotopic (exact) mass is 287 g/mol. The van der Waals surface area contributed by atoms with Crippen molar-refractivity contribution >= 4 is 21.6 Å². The van der Waals surface area contributed by atoms with Crippen molar-refractivity contribution < 1.29 is 8.42 Å². The first-order valence-electron chi connectivity index (χ1n) is 6.06. The van der Waals surface area contributed by atoms with Gasteiger partial charge in [0.25, 0.3) is 0 Å². The molecular formula is C13H21NO2S2. The zero-order valence-corrected chi connectivity index (χ0v) is 12.8. The molecule has 3 nitrogen and oxygen atoms in total. The van der Waals surface area contributed by atoms with Crippen LogP contribution in [0.1, 0.15) is 25.5 Å². The summed E-state index contributed by atoms with van der Waals surface area (Å²) in [4.78, 5) is 1.24. The Morgan fingerprint density at radius 1 is 1.28 bits per heavy atom. The first kappa shape index (κ1) is 15.5. The van der Waals surface area contributed by atoms with Gasteiger partial charge in [0.05, 0.1) is 5.75 Å². The van der Waals surface area contributed by atoms with E-state index >= 15 is 0 Å². The van der Waals surface area contributed by atoms with Crippen LogP contribution in [0.4, 0.5) is 0 Å². The maximum absolute atomic E-state index is 11.4. The maximum Gasteiger partial charge on any atom is 0.151 e. The van der Waals surface area contributed by atoms with Crippen LogP contribution in [0.3, 0.4) is 0 Å². The van der Waals surface area contributed by atoms with Crippen molar-refractivity contribution in [3.8, 4) is 0 Å². The van der Waals surface area contributed by atoms with Crippen LogP contribution in [0.2, 0.25) is 0 Å². The topological polar surface area (TPSA) is 46.2 Å². The fourth-order valence-electron chi connectivity index (χ4n) is 1.59. The molecule has 1 N–H and O–H groups in total. The van der Waals surface area contributed by atoms with Crippen LogP contribution in [0, 0.1) is 0 Å². The first-order chi connectivity index (χ1) is 8.48. The van der Waals surface area contributed by atoms with Gasteiger partial charge in [-0.3, -0.25) is 0 Å². The molecule has 0 bridgehead atoms. The number of benzene rings is 1. The predicted octanol–water partition coefficient (Wildman–Crippen LogP) is 2.49. The minimum absolute atomic E-state index is 0.174. The van der Waals surface area contributed by atoms with Gasteiger partial charge in [0.1, 0.15) is 0 Å². The summed E-state index contributed by atoms with van der Waals surface area (Å²) in [6, 6.07) is 8.50. The summed E-state index contributed by atoms with van der Waals surface area (Å²) in [5.74, 6) is 0.419. The Morgan fingerprint density at radius 3 is 2.39 bits per heavy atom. The SMILES string of the molecule is CCS(=O)(=O)CCNC(C)c1ccc(SC)cc1. The lowest BCUT2D eigenvalue weighted by Gasteiger charge is -2.14. The van der Waals surface area contributed by atoms with Gasteiger partial charge in [-0.25, -0.2) is 8.42 Å². The van der Waals surface area contributed by atoms with Crippen molar-refractivity contribution in [1.29, 1.82) is 0 Å². The van der Waals surface area contributed by atoms with E-state index in [9.17, 15) is 8.42 Å². The minimum atomic E-state index is -2.87. The Labute approximate surface area is 114 Å². The van der Waals surface area contributed by atoms with Crippen molar-refractivity contribution in [2.45, 2.75) is 24.8 Å². The van der Waals surface area contributed by atoms with Crippen LogP contribution < -0.4 is 5.32 Å². The van der Waals surface area contributed by atoms with E-state index in [2.05, 4.69) is 29.6 Å². The van der Waals surface area contributed by atoms with Crippen molar-refractivity contribution in [2.75, 3.05) is 24.3 Å². The normalized spacial score (nSPS) is 13.5. The van der Waals surface area contributed by atoms with Gasteiger partial charge >= 0.3 is 0 Å². The van der Waals surface area contributed by atoms with E-state index in [4.69, 9.17) is 0 Å². The Hall–Kier alpha value is -0.520. The fourth-order valence-corrected chi connectivity index (χ4v) is 2.71. The van der Waals surface area contributed by atoms with Crippen molar-refractivity contribution in [3.63, 3.8) is 0 Å². The van der Waals surface area contributed by atoms with E-state index in [0.29, 0.717) is 6.54 Å². The molecule has 5 heteroatoms. The average Bonchev–Trinajstić information content (AvgIpc) is 2.38. The zero-order chi connectivity index (χ0) is 13.6. The van der Waals surface area contributed by atoms with Gasteiger partial charge in [-0.1, -0.05) is 19.1 Å². The molecule has 0 saturated carbocycles. The van der Waals surface area contributed by atoms with Gasteiger partial charge in [-0.2, -0.15) is 0 Å². The largest absolute Gasteiger partial charge is 0.309 e. The summed E-state index contributed by atoms with van der Waals surface area (Å²) < 4.78 is 22.7. The fraction of sp³-hybridized carbons (Fsp3) is 0.538. The Kier molecular flexibility index (Phi) is 6.18. The summed E-state index contributed by atoms with van der Waals surface area (Å²) in [6.07, 6.45) is 2.05. The van der Waals surface area contributed by atoms with Crippen LogP contribution >= 0.6 is 11.8 Å². The van der Waals surface area contributed by atoms with Gasteiger partial charge in [0.2, 0.25) is 0 Å². The lowest BCUT2D eigenvalue weighted by molar-refractivity contribution is 0.573. The molecule has 102 valence electrons. The van der Waals surface area contributed by atoms with Gasteiger partial charge in [-0.05, 0) is 30.9 Å². The number of nitrogens with one attached hydrogen (secondary N) is 1. The molecule has 0 amide bonds. The second-order valence-corrected chi connectivity index (χ2v) is 7.54. The van der Waals surface area contributed by atoms with Crippen molar-refractivity contribution in [1.82, 2.24) is 5.32 Å². The zero-order valence-electron chi connectivity index (χ0n) is 11.1. The molecule has 0 spiro atoms. The highest BCUT2D eigenvalue weighted by molar-refractivity contribution is 7.98. The average molecular weight is 287 g/mol. The van der Waals surface area contributed by atoms with Crippen molar-refractivity contribution in [3.05, 3.63) is 29.8 Å². The molecule has 0 heterocycles. The quantitative estimate of drug-likeness (QED) is 0.783. The Balaban J connectivity index is 2.47. The summed E-state index contributed by atoms with van der Waals surface area (Å²) in [6.45, 7) is 4.23. The molecule has 1 unspecified atom stereocenters. The molecule has 1 atom stereocenters. The number of hydrogen-bond donors (Lipinski definition) is 1. The first-order valence-corrected chi connectivity index (χ1v) is 9.11. The molecule has 1 aromatic rings. The summed E-state index contributed by atoms with van der Waals surface area (Å²) in [5, 5.41) is 3.24.